The van der Waals surface area contributed by atoms with E-state index in [1.807, 2.05) is 28.4 Å². The van der Waals surface area contributed by atoms with Gasteiger partial charge in [0.15, 0.2) is 0 Å². The summed E-state index contributed by atoms with van der Waals surface area (Å²) in [6.07, 6.45) is 0.374. The molecule has 2 aromatic heterocycles. The van der Waals surface area contributed by atoms with Gasteiger partial charge in [-0.3, -0.25) is 4.79 Å². The molecular weight excluding hydrogens is 276 g/mol. The second-order valence-electron chi connectivity index (χ2n) is 4.85. The number of aromatic nitrogens is 3. The van der Waals surface area contributed by atoms with Crippen molar-refractivity contribution in [2.24, 2.45) is 0 Å². The van der Waals surface area contributed by atoms with Crippen LogP contribution >= 0.6 is 11.3 Å². The van der Waals surface area contributed by atoms with Gasteiger partial charge in [-0.05, 0) is 29.3 Å². The summed E-state index contributed by atoms with van der Waals surface area (Å²) < 4.78 is 7.57. The molecular formula is C13H16N4O2S. The molecule has 0 aliphatic carbocycles. The van der Waals surface area contributed by atoms with E-state index in [0.717, 1.165) is 17.0 Å². The number of carbonyl (C=O) groups is 1. The Morgan fingerprint density at radius 2 is 2.55 bits per heavy atom. The van der Waals surface area contributed by atoms with E-state index in [1.54, 1.807) is 11.3 Å². The minimum atomic E-state index is -0.0463. The Bertz CT molecular complexity index is 594. The van der Waals surface area contributed by atoms with Crippen molar-refractivity contribution >= 4 is 17.2 Å². The molecule has 0 saturated heterocycles. The highest BCUT2D eigenvalue weighted by molar-refractivity contribution is 7.07. The maximum absolute atomic E-state index is 11.8. The molecule has 0 saturated carbocycles. The van der Waals surface area contributed by atoms with E-state index >= 15 is 0 Å². The van der Waals surface area contributed by atoms with Crippen LogP contribution in [0.4, 0.5) is 0 Å². The second-order valence-corrected chi connectivity index (χ2v) is 5.63. The quantitative estimate of drug-likeness (QED) is 0.909. The second kappa shape index (κ2) is 5.72. The van der Waals surface area contributed by atoms with Gasteiger partial charge in [0, 0.05) is 6.54 Å². The number of hydrogen-bond acceptors (Lipinski definition) is 5. The first-order chi connectivity index (χ1) is 9.72. The third-order valence-electron chi connectivity index (χ3n) is 3.34. The van der Waals surface area contributed by atoms with Crippen molar-refractivity contribution in [3.8, 4) is 0 Å². The van der Waals surface area contributed by atoms with Crippen molar-refractivity contribution in [3.05, 3.63) is 33.8 Å². The average molecular weight is 292 g/mol. The Hall–Kier alpha value is -1.73. The number of ether oxygens (including phenoxy) is 1. The highest BCUT2D eigenvalue weighted by Gasteiger charge is 2.22. The summed E-state index contributed by atoms with van der Waals surface area (Å²) in [4.78, 5) is 11.8. The van der Waals surface area contributed by atoms with E-state index in [1.165, 1.54) is 0 Å². The van der Waals surface area contributed by atoms with Gasteiger partial charge in [0.2, 0.25) is 5.91 Å². The summed E-state index contributed by atoms with van der Waals surface area (Å²) in [7, 11) is 0. The van der Waals surface area contributed by atoms with Crippen LogP contribution in [0, 0.1) is 6.92 Å². The van der Waals surface area contributed by atoms with E-state index in [0.29, 0.717) is 26.1 Å². The SMILES string of the molecule is Cc1nnn2c1CO[C@@H](CNC(=O)Cc1ccsc1)C2. The maximum atomic E-state index is 11.8. The lowest BCUT2D eigenvalue weighted by atomic mass is 10.2. The van der Waals surface area contributed by atoms with Gasteiger partial charge >= 0.3 is 0 Å². The van der Waals surface area contributed by atoms with E-state index < -0.39 is 0 Å². The third-order valence-corrected chi connectivity index (χ3v) is 4.07. The fraction of sp³-hybridized carbons (Fsp3) is 0.462. The molecule has 0 radical (unpaired) electrons. The number of fused-ring (bicyclic) bond motifs is 1. The minimum Gasteiger partial charge on any atom is -0.368 e. The van der Waals surface area contributed by atoms with Crippen molar-refractivity contribution in [3.63, 3.8) is 0 Å². The zero-order valence-electron chi connectivity index (χ0n) is 11.2. The number of nitrogens with one attached hydrogen (secondary N) is 1. The molecule has 3 rings (SSSR count). The van der Waals surface area contributed by atoms with Gasteiger partial charge in [-0.2, -0.15) is 11.3 Å². The lowest BCUT2D eigenvalue weighted by Gasteiger charge is -2.24. The molecule has 6 nitrogen and oxygen atoms in total. The summed E-state index contributed by atoms with van der Waals surface area (Å²) in [5.74, 6) is 0.0209. The molecule has 1 aliphatic rings. The van der Waals surface area contributed by atoms with E-state index in [4.69, 9.17) is 4.74 Å². The first-order valence-electron chi connectivity index (χ1n) is 6.50. The maximum Gasteiger partial charge on any atom is 0.224 e. The van der Waals surface area contributed by atoms with Gasteiger partial charge in [-0.15, -0.1) is 5.10 Å². The Morgan fingerprint density at radius 3 is 3.35 bits per heavy atom. The normalized spacial score (nSPS) is 17.8. The zero-order valence-corrected chi connectivity index (χ0v) is 12.0. The van der Waals surface area contributed by atoms with Crippen LogP contribution in [0.5, 0.6) is 0 Å². The molecule has 0 unspecified atom stereocenters. The Morgan fingerprint density at radius 1 is 1.65 bits per heavy atom. The lowest BCUT2D eigenvalue weighted by molar-refractivity contribution is -0.121. The predicted octanol–water partition coefficient (Wildman–Crippen LogP) is 0.906. The Kier molecular flexibility index (Phi) is 3.79. The average Bonchev–Trinajstić information content (AvgIpc) is 3.07. The zero-order chi connectivity index (χ0) is 13.9. The van der Waals surface area contributed by atoms with Crippen molar-refractivity contribution in [2.75, 3.05) is 6.54 Å². The number of amides is 1. The smallest absolute Gasteiger partial charge is 0.224 e. The minimum absolute atomic E-state index is 0.0209. The van der Waals surface area contributed by atoms with Crippen molar-refractivity contribution < 1.29 is 9.53 Å². The van der Waals surface area contributed by atoms with Crippen molar-refractivity contribution in [1.29, 1.82) is 0 Å². The van der Waals surface area contributed by atoms with Crippen molar-refractivity contribution in [1.82, 2.24) is 20.3 Å². The molecule has 1 amide bonds. The number of carbonyl (C=O) groups excluding carboxylic acids is 1. The van der Waals surface area contributed by atoms with Crippen LogP contribution in [-0.2, 0) is 29.1 Å². The van der Waals surface area contributed by atoms with Crippen LogP contribution < -0.4 is 5.32 Å². The largest absolute Gasteiger partial charge is 0.368 e. The molecule has 0 aromatic carbocycles. The highest BCUT2D eigenvalue weighted by atomic mass is 32.1. The number of nitrogens with zero attached hydrogens (tertiary/aromatic N) is 3. The summed E-state index contributed by atoms with van der Waals surface area (Å²) in [6, 6.07) is 1.96. The monoisotopic (exact) mass is 292 g/mol. The van der Waals surface area contributed by atoms with Gasteiger partial charge in [0.25, 0.3) is 0 Å². The van der Waals surface area contributed by atoms with E-state index in [2.05, 4.69) is 15.6 Å². The highest BCUT2D eigenvalue weighted by Crippen LogP contribution is 2.14. The van der Waals surface area contributed by atoms with Gasteiger partial charge in [-0.25, -0.2) is 4.68 Å². The van der Waals surface area contributed by atoms with E-state index in [-0.39, 0.29) is 12.0 Å². The molecule has 0 bridgehead atoms. The first-order valence-corrected chi connectivity index (χ1v) is 7.45. The van der Waals surface area contributed by atoms with Crippen LogP contribution in [0.15, 0.2) is 16.8 Å². The summed E-state index contributed by atoms with van der Waals surface area (Å²) in [5.41, 5.74) is 2.97. The molecule has 3 heterocycles. The van der Waals surface area contributed by atoms with Gasteiger partial charge in [0.1, 0.15) is 0 Å². The molecule has 1 atom stereocenters. The number of hydrogen-bond donors (Lipinski definition) is 1. The molecule has 1 aliphatic heterocycles. The molecule has 0 fully saturated rings. The summed E-state index contributed by atoms with van der Waals surface area (Å²) in [6.45, 7) is 3.56. The number of aryl methyl sites for hydroxylation is 1. The molecule has 2 aromatic rings. The standard InChI is InChI=1S/C13H16N4O2S/c1-9-12-7-19-11(6-17(12)16-15-9)5-14-13(18)4-10-2-3-20-8-10/h2-3,8,11H,4-7H2,1H3,(H,14,18)/t11-/m0/s1. The van der Waals surface area contributed by atoms with Crippen molar-refractivity contribution in [2.45, 2.75) is 32.6 Å². The molecule has 1 N–H and O–H groups in total. The molecule has 20 heavy (non-hydrogen) atoms. The van der Waals surface area contributed by atoms with Gasteiger partial charge in [-0.1, -0.05) is 5.21 Å². The number of rotatable bonds is 4. The van der Waals surface area contributed by atoms with Crippen LogP contribution in [-0.4, -0.2) is 33.5 Å². The summed E-state index contributed by atoms with van der Waals surface area (Å²) in [5, 5.41) is 15.0. The van der Waals surface area contributed by atoms with E-state index in [9.17, 15) is 4.79 Å². The van der Waals surface area contributed by atoms with Gasteiger partial charge < -0.3 is 10.1 Å². The van der Waals surface area contributed by atoms with Gasteiger partial charge in [0.05, 0.1) is 37.1 Å². The molecule has 106 valence electrons. The van der Waals surface area contributed by atoms with Crippen LogP contribution in [0.25, 0.3) is 0 Å². The molecule has 0 spiro atoms. The predicted molar refractivity (Wildman–Crippen MR) is 74.4 cm³/mol. The fourth-order valence-electron chi connectivity index (χ4n) is 2.18. The van der Waals surface area contributed by atoms with Crippen LogP contribution in [0.1, 0.15) is 17.0 Å². The first kappa shape index (κ1) is 13.3. The Balaban J connectivity index is 1.49. The third kappa shape index (κ3) is 2.88. The fourth-order valence-corrected chi connectivity index (χ4v) is 2.85. The molecule has 7 heteroatoms. The lowest BCUT2D eigenvalue weighted by Crippen LogP contribution is -2.39. The van der Waals surface area contributed by atoms with Crippen LogP contribution in [0.3, 0.4) is 0 Å². The topological polar surface area (TPSA) is 69.0 Å². The van der Waals surface area contributed by atoms with Crippen LogP contribution in [0.2, 0.25) is 0 Å². The Labute approximate surface area is 120 Å². The number of thiophene rings is 1. The summed E-state index contributed by atoms with van der Waals surface area (Å²) >= 11 is 1.60.